The van der Waals surface area contributed by atoms with Gasteiger partial charge in [-0.2, -0.15) is 0 Å². The van der Waals surface area contributed by atoms with Gasteiger partial charge in [0.15, 0.2) is 0 Å². The molecule has 0 unspecified atom stereocenters. The summed E-state index contributed by atoms with van der Waals surface area (Å²) in [5, 5.41) is 37.6. The summed E-state index contributed by atoms with van der Waals surface area (Å²) < 4.78 is 4.77. The molecule has 0 aromatic heterocycles. The molecule has 0 aromatic rings. The van der Waals surface area contributed by atoms with Gasteiger partial charge in [0.1, 0.15) is 12.7 Å². The molecule has 0 amide bonds. The Morgan fingerprint density at radius 3 is 1.97 bits per heavy atom. The van der Waals surface area contributed by atoms with Gasteiger partial charge in [0.25, 0.3) is 0 Å². The summed E-state index contributed by atoms with van der Waals surface area (Å²) in [4.78, 5) is 11.4. The van der Waals surface area contributed by atoms with Crippen molar-refractivity contribution in [2.75, 3.05) is 13.2 Å². The van der Waals surface area contributed by atoms with E-state index in [9.17, 15) is 15.0 Å². The maximum absolute atomic E-state index is 11.4. The normalized spacial score (nSPS) is 15.6. The summed E-state index contributed by atoms with van der Waals surface area (Å²) in [6, 6.07) is 0. The third-order valence-electron chi connectivity index (χ3n) is 4.07. The molecule has 0 bridgehead atoms. The molecule has 29 heavy (non-hydrogen) atoms. The largest absolute Gasteiger partial charge is 0.463 e. The summed E-state index contributed by atoms with van der Waals surface area (Å²) in [6.07, 6.45) is 18.5. The lowest BCUT2D eigenvalue weighted by Gasteiger charge is -2.16. The van der Waals surface area contributed by atoms with Crippen molar-refractivity contribution in [3.63, 3.8) is 0 Å². The highest BCUT2D eigenvalue weighted by molar-refractivity contribution is 5.69. The van der Waals surface area contributed by atoms with Gasteiger partial charge in [-0.3, -0.25) is 4.79 Å². The van der Waals surface area contributed by atoms with Crippen LogP contribution in [0.25, 0.3) is 0 Å². The van der Waals surface area contributed by atoms with E-state index in [0.29, 0.717) is 12.8 Å². The van der Waals surface area contributed by atoms with Crippen LogP contribution < -0.4 is 0 Å². The average Bonchev–Trinajstić information content (AvgIpc) is 2.72. The monoisotopic (exact) mass is 410 g/mol. The highest BCUT2D eigenvalue weighted by atomic mass is 16.5. The molecule has 0 fully saturated rings. The molecular weight excluding hydrogens is 372 g/mol. The van der Waals surface area contributed by atoms with Crippen molar-refractivity contribution in [3.8, 4) is 0 Å². The number of allylic oxidation sites excluding steroid dienone is 7. The predicted molar refractivity (Wildman–Crippen MR) is 115 cm³/mol. The van der Waals surface area contributed by atoms with Crippen molar-refractivity contribution in [1.29, 1.82) is 0 Å². The molecule has 0 heterocycles. The zero-order valence-corrected chi connectivity index (χ0v) is 17.5. The number of carbonyl (C=O) groups excluding carboxylic acids is 1. The molecule has 6 nitrogen and oxygen atoms in total. The van der Waals surface area contributed by atoms with Crippen LogP contribution in [0.15, 0.2) is 48.6 Å². The Hall–Kier alpha value is -1.73. The molecule has 0 aliphatic carbocycles. The standard InChI is InChI=1S/C23H38O6/c1-2-3-4-5-6-7-8-9-10-11-12-13-15-21(26)22(27)16-14-17-23(28)29-19-20(25)18-24/h3-4,6-7,9-10,12-13,20-22,24-27H,2,5,8,11,14-19H2,1H3/b4-3-,7-6-,10-9-,13-12-/t20-,21-,22-/m0/s1. The van der Waals surface area contributed by atoms with E-state index in [4.69, 9.17) is 14.9 Å². The van der Waals surface area contributed by atoms with Crippen LogP contribution in [-0.4, -0.2) is 57.9 Å². The second-order valence-electron chi connectivity index (χ2n) is 6.78. The molecule has 166 valence electrons. The summed E-state index contributed by atoms with van der Waals surface area (Å²) in [6.45, 7) is 1.41. The number of aliphatic hydroxyl groups excluding tert-OH is 4. The first-order valence-corrected chi connectivity index (χ1v) is 10.4. The van der Waals surface area contributed by atoms with Crippen molar-refractivity contribution in [2.45, 2.75) is 76.6 Å². The van der Waals surface area contributed by atoms with Crippen LogP contribution in [0.3, 0.4) is 0 Å². The van der Waals surface area contributed by atoms with E-state index in [2.05, 4.69) is 43.4 Å². The van der Waals surface area contributed by atoms with Crippen LogP contribution in [0.4, 0.5) is 0 Å². The SMILES string of the molecule is CC/C=C\C/C=C\C/C=C\C/C=C\C[C@H](O)[C@@H](O)CCCC(=O)OC[C@@H](O)CO. The Balaban J connectivity index is 3.78. The Morgan fingerprint density at radius 2 is 1.41 bits per heavy atom. The Labute approximate surface area is 174 Å². The van der Waals surface area contributed by atoms with Gasteiger partial charge in [-0.1, -0.05) is 55.5 Å². The maximum Gasteiger partial charge on any atom is 0.305 e. The molecule has 0 saturated heterocycles. The molecule has 4 N–H and O–H groups in total. The van der Waals surface area contributed by atoms with Crippen LogP contribution >= 0.6 is 0 Å². The first-order valence-electron chi connectivity index (χ1n) is 10.4. The van der Waals surface area contributed by atoms with E-state index in [0.717, 1.165) is 25.7 Å². The van der Waals surface area contributed by atoms with Gasteiger partial charge in [0.05, 0.1) is 18.8 Å². The third-order valence-corrected chi connectivity index (χ3v) is 4.07. The van der Waals surface area contributed by atoms with E-state index in [-0.39, 0.29) is 19.4 Å². The topological polar surface area (TPSA) is 107 Å². The number of hydrogen-bond donors (Lipinski definition) is 4. The van der Waals surface area contributed by atoms with E-state index < -0.39 is 30.9 Å². The smallest absolute Gasteiger partial charge is 0.305 e. The van der Waals surface area contributed by atoms with E-state index in [1.807, 2.05) is 12.2 Å². The van der Waals surface area contributed by atoms with Crippen molar-refractivity contribution in [3.05, 3.63) is 48.6 Å². The van der Waals surface area contributed by atoms with E-state index in [1.54, 1.807) is 0 Å². The molecule has 0 radical (unpaired) electrons. The molecule has 0 spiro atoms. The van der Waals surface area contributed by atoms with Crippen LogP contribution in [0.1, 0.15) is 58.3 Å². The lowest BCUT2D eigenvalue weighted by Crippen LogP contribution is -2.25. The molecule has 0 aliphatic rings. The van der Waals surface area contributed by atoms with Gasteiger partial charge in [-0.15, -0.1) is 0 Å². The van der Waals surface area contributed by atoms with Crippen molar-refractivity contribution in [2.24, 2.45) is 0 Å². The summed E-state index contributed by atoms with van der Waals surface area (Å²) in [5.74, 6) is -0.502. The van der Waals surface area contributed by atoms with E-state index in [1.165, 1.54) is 0 Å². The molecular formula is C23H38O6. The summed E-state index contributed by atoms with van der Waals surface area (Å²) >= 11 is 0. The van der Waals surface area contributed by atoms with Gasteiger partial charge >= 0.3 is 5.97 Å². The number of aliphatic hydroxyl groups is 4. The van der Waals surface area contributed by atoms with Crippen LogP contribution in [0.5, 0.6) is 0 Å². The van der Waals surface area contributed by atoms with Gasteiger partial charge in [0.2, 0.25) is 0 Å². The lowest BCUT2D eigenvalue weighted by molar-refractivity contribution is -0.147. The van der Waals surface area contributed by atoms with Crippen molar-refractivity contribution in [1.82, 2.24) is 0 Å². The minimum absolute atomic E-state index is 0.0892. The number of carbonyl (C=O) groups is 1. The lowest BCUT2D eigenvalue weighted by atomic mass is 10.0. The summed E-state index contributed by atoms with van der Waals surface area (Å²) in [7, 11) is 0. The number of rotatable bonds is 17. The second-order valence-corrected chi connectivity index (χ2v) is 6.78. The Bertz CT molecular complexity index is 509. The van der Waals surface area contributed by atoms with Crippen LogP contribution in [0, 0.1) is 0 Å². The molecule has 3 atom stereocenters. The van der Waals surface area contributed by atoms with Gasteiger partial charge < -0.3 is 25.2 Å². The van der Waals surface area contributed by atoms with Gasteiger partial charge in [-0.25, -0.2) is 0 Å². The molecule has 0 aliphatic heterocycles. The van der Waals surface area contributed by atoms with Gasteiger partial charge in [-0.05, 0) is 44.9 Å². The Morgan fingerprint density at radius 1 is 0.862 bits per heavy atom. The zero-order valence-electron chi connectivity index (χ0n) is 17.5. The molecule has 6 heteroatoms. The number of ether oxygens (including phenoxy) is 1. The van der Waals surface area contributed by atoms with Crippen molar-refractivity contribution >= 4 is 5.97 Å². The first kappa shape index (κ1) is 27.3. The number of hydrogen-bond acceptors (Lipinski definition) is 6. The minimum atomic E-state index is -1.07. The third kappa shape index (κ3) is 18.1. The Kier molecular flexibility index (Phi) is 18.4. The fourth-order valence-electron chi connectivity index (χ4n) is 2.33. The minimum Gasteiger partial charge on any atom is -0.463 e. The van der Waals surface area contributed by atoms with E-state index >= 15 is 0 Å². The zero-order chi connectivity index (χ0) is 21.7. The fraction of sp³-hybridized carbons (Fsp3) is 0.609. The first-order chi connectivity index (χ1) is 14.0. The highest BCUT2D eigenvalue weighted by Gasteiger charge is 2.15. The van der Waals surface area contributed by atoms with Gasteiger partial charge in [0, 0.05) is 6.42 Å². The molecule has 0 aromatic carbocycles. The van der Waals surface area contributed by atoms with Crippen LogP contribution in [-0.2, 0) is 9.53 Å². The molecule has 0 saturated carbocycles. The quantitative estimate of drug-likeness (QED) is 0.217. The second kappa shape index (κ2) is 19.6. The fourth-order valence-corrected chi connectivity index (χ4v) is 2.33. The summed E-state index contributed by atoms with van der Waals surface area (Å²) in [5.41, 5.74) is 0. The predicted octanol–water partition coefficient (Wildman–Crippen LogP) is 2.97. The van der Waals surface area contributed by atoms with Crippen molar-refractivity contribution < 1.29 is 30.0 Å². The average molecular weight is 411 g/mol. The van der Waals surface area contributed by atoms with Crippen LogP contribution in [0.2, 0.25) is 0 Å². The highest BCUT2D eigenvalue weighted by Crippen LogP contribution is 2.09. The molecule has 0 rings (SSSR count). The number of esters is 1. The maximum atomic E-state index is 11.4.